The van der Waals surface area contributed by atoms with E-state index in [4.69, 9.17) is 11.5 Å². The van der Waals surface area contributed by atoms with Crippen LogP contribution in [-0.2, 0) is 11.3 Å². The lowest BCUT2D eigenvalue weighted by Crippen LogP contribution is -2.32. The second-order valence-electron chi connectivity index (χ2n) is 6.57. The summed E-state index contributed by atoms with van der Waals surface area (Å²) in [6.07, 6.45) is 3.19. The largest absolute Gasteiger partial charge is 0.397 e. The molecule has 1 atom stereocenters. The lowest BCUT2D eigenvalue weighted by molar-refractivity contribution is -0.113. The van der Waals surface area contributed by atoms with E-state index in [1.165, 1.54) is 18.1 Å². The molecule has 1 aromatic heterocycles. The molecule has 1 amide bonds. The Morgan fingerprint density at radius 2 is 1.80 bits per heavy atom. The number of para-hydroxylation sites is 2. The van der Waals surface area contributed by atoms with E-state index in [1.54, 1.807) is 6.20 Å². The van der Waals surface area contributed by atoms with Crippen LogP contribution in [0.25, 0.3) is 0 Å². The Morgan fingerprint density at radius 3 is 2.57 bits per heavy atom. The first-order chi connectivity index (χ1) is 14.6. The molecular formula is C21H21N7OS. The molecule has 2 heterocycles. The maximum absolute atomic E-state index is 11.7. The van der Waals surface area contributed by atoms with Crippen molar-refractivity contribution in [3.8, 4) is 0 Å². The Kier molecular flexibility index (Phi) is 5.71. The number of aromatic nitrogens is 2. The van der Waals surface area contributed by atoms with Crippen LogP contribution in [0.5, 0.6) is 0 Å². The van der Waals surface area contributed by atoms with Crippen LogP contribution < -0.4 is 27.0 Å². The zero-order valence-corrected chi connectivity index (χ0v) is 16.8. The molecule has 152 valence electrons. The van der Waals surface area contributed by atoms with Gasteiger partial charge in [0.1, 0.15) is 18.0 Å². The first kappa shape index (κ1) is 19.6. The van der Waals surface area contributed by atoms with Gasteiger partial charge in [-0.2, -0.15) is 0 Å². The maximum Gasteiger partial charge on any atom is 0.256 e. The van der Waals surface area contributed by atoms with Crippen LogP contribution in [0.15, 0.2) is 78.1 Å². The van der Waals surface area contributed by atoms with E-state index in [9.17, 15) is 4.79 Å². The molecule has 9 heteroatoms. The Hall–Kier alpha value is -3.72. The number of thioether (sulfide) groups is 1. The van der Waals surface area contributed by atoms with E-state index >= 15 is 0 Å². The number of carbonyl (C=O) groups excluding carboxylic acids is 1. The SMILES string of the molecule is NC(=O)C1=CN(c2ccccc2N)C(Nc2cc(NCc3ccccc3)ncn2)S1. The minimum absolute atomic E-state index is 0.339. The van der Waals surface area contributed by atoms with Gasteiger partial charge in [0.05, 0.1) is 16.3 Å². The lowest BCUT2D eigenvalue weighted by atomic mass is 10.2. The highest BCUT2D eigenvalue weighted by atomic mass is 32.2. The molecule has 0 saturated heterocycles. The minimum atomic E-state index is -0.489. The van der Waals surface area contributed by atoms with Crippen molar-refractivity contribution < 1.29 is 4.79 Å². The van der Waals surface area contributed by atoms with Gasteiger partial charge in [-0.15, -0.1) is 0 Å². The highest BCUT2D eigenvalue weighted by molar-refractivity contribution is 8.05. The third-order valence-electron chi connectivity index (χ3n) is 4.46. The van der Waals surface area contributed by atoms with Crippen molar-refractivity contribution in [3.05, 3.63) is 83.7 Å². The van der Waals surface area contributed by atoms with Gasteiger partial charge in [0.2, 0.25) is 0 Å². The number of amides is 1. The Labute approximate surface area is 178 Å². The molecule has 0 radical (unpaired) electrons. The summed E-state index contributed by atoms with van der Waals surface area (Å²) in [6, 6.07) is 19.3. The van der Waals surface area contributed by atoms with Crippen molar-refractivity contribution in [2.24, 2.45) is 5.73 Å². The topological polar surface area (TPSA) is 122 Å². The molecule has 0 saturated carbocycles. The summed E-state index contributed by atoms with van der Waals surface area (Å²) in [4.78, 5) is 22.6. The second kappa shape index (κ2) is 8.75. The highest BCUT2D eigenvalue weighted by Crippen LogP contribution is 2.38. The zero-order valence-electron chi connectivity index (χ0n) is 16.0. The molecule has 6 N–H and O–H groups in total. The fourth-order valence-corrected chi connectivity index (χ4v) is 3.99. The third-order valence-corrected chi connectivity index (χ3v) is 5.59. The second-order valence-corrected chi connectivity index (χ2v) is 7.69. The van der Waals surface area contributed by atoms with E-state index in [0.29, 0.717) is 28.8 Å². The normalized spacial score (nSPS) is 15.5. The van der Waals surface area contributed by atoms with Gasteiger partial charge >= 0.3 is 0 Å². The third kappa shape index (κ3) is 4.47. The van der Waals surface area contributed by atoms with Crippen LogP contribution in [0.4, 0.5) is 23.0 Å². The van der Waals surface area contributed by atoms with Gasteiger partial charge in [0.15, 0.2) is 5.50 Å². The monoisotopic (exact) mass is 419 g/mol. The lowest BCUT2D eigenvalue weighted by Gasteiger charge is -2.27. The summed E-state index contributed by atoms with van der Waals surface area (Å²) in [5.74, 6) is 0.807. The molecule has 0 bridgehead atoms. The van der Waals surface area contributed by atoms with Crippen LogP contribution in [-0.4, -0.2) is 21.4 Å². The molecule has 0 aliphatic carbocycles. The minimum Gasteiger partial charge on any atom is -0.397 e. The molecule has 1 aliphatic heterocycles. The maximum atomic E-state index is 11.7. The Balaban J connectivity index is 1.51. The Bertz CT molecular complexity index is 1070. The number of hydrogen-bond donors (Lipinski definition) is 4. The van der Waals surface area contributed by atoms with Crippen LogP contribution in [0, 0.1) is 0 Å². The number of nitrogens with two attached hydrogens (primary N) is 2. The van der Waals surface area contributed by atoms with E-state index < -0.39 is 5.91 Å². The summed E-state index contributed by atoms with van der Waals surface area (Å²) in [6.45, 7) is 0.648. The van der Waals surface area contributed by atoms with Gasteiger partial charge in [-0.25, -0.2) is 9.97 Å². The number of nitrogens with zero attached hydrogens (tertiary/aromatic N) is 3. The molecule has 2 aromatic carbocycles. The number of benzene rings is 2. The number of nitrogen functional groups attached to an aromatic ring is 1. The van der Waals surface area contributed by atoms with Crippen molar-refractivity contribution in [2.45, 2.75) is 12.0 Å². The molecule has 0 spiro atoms. The van der Waals surface area contributed by atoms with Gasteiger partial charge in [-0.3, -0.25) is 4.79 Å². The van der Waals surface area contributed by atoms with Crippen molar-refractivity contribution in [1.29, 1.82) is 0 Å². The predicted octanol–water partition coefficient (Wildman–Crippen LogP) is 2.95. The molecular weight excluding hydrogens is 398 g/mol. The summed E-state index contributed by atoms with van der Waals surface area (Å²) in [7, 11) is 0. The molecule has 30 heavy (non-hydrogen) atoms. The fraction of sp³-hybridized carbons (Fsp3) is 0.0952. The summed E-state index contributed by atoms with van der Waals surface area (Å²) in [5.41, 5.74) is 13.8. The summed E-state index contributed by atoms with van der Waals surface area (Å²) >= 11 is 1.31. The number of anilines is 4. The fourth-order valence-electron chi connectivity index (χ4n) is 2.99. The van der Waals surface area contributed by atoms with Gasteiger partial charge in [0.25, 0.3) is 5.91 Å². The number of carbonyl (C=O) groups is 1. The summed E-state index contributed by atoms with van der Waals surface area (Å²) in [5, 5.41) is 6.61. The van der Waals surface area contributed by atoms with Crippen molar-refractivity contribution in [1.82, 2.24) is 9.97 Å². The first-order valence-corrected chi connectivity index (χ1v) is 10.2. The van der Waals surface area contributed by atoms with Crippen LogP contribution >= 0.6 is 11.8 Å². The zero-order chi connectivity index (χ0) is 20.9. The van der Waals surface area contributed by atoms with E-state index in [-0.39, 0.29) is 5.50 Å². The molecule has 4 rings (SSSR count). The number of hydrogen-bond acceptors (Lipinski definition) is 8. The number of rotatable bonds is 7. The van der Waals surface area contributed by atoms with Gasteiger partial charge < -0.3 is 27.0 Å². The first-order valence-electron chi connectivity index (χ1n) is 9.27. The van der Waals surface area contributed by atoms with Crippen LogP contribution in [0.2, 0.25) is 0 Å². The van der Waals surface area contributed by atoms with Crippen molar-refractivity contribution in [3.63, 3.8) is 0 Å². The summed E-state index contributed by atoms with van der Waals surface area (Å²) < 4.78 is 0. The van der Waals surface area contributed by atoms with Gasteiger partial charge in [-0.1, -0.05) is 54.2 Å². The average Bonchev–Trinajstić information content (AvgIpc) is 3.17. The van der Waals surface area contributed by atoms with Gasteiger partial charge in [-0.05, 0) is 17.7 Å². The quantitative estimate of drug-likeness (QED) is 0.431. The standard InChI is InChI=1S/C21H21N7OS/c22-15-8-4-5-9-16(15)28-12-17(20(23)29)30-21(28)27-19-10-18(25-13-26-19)24-11-14-6-2-1-3-7-14/h1-10,12-13,21H,11,22H2,(H2,23,29)(H2,24,25,26,27). The van der Waals surface area contributed by atoms with Crippen LogP contribution in [0.1, 0.15) is 5.56 Å². The molecule has 3 aromatic rings. The van der Waals surface area contributed by atoms with E-state index in [2.05, 4.69) is 20.6 Å². The van der Waals surface area contributed by atoms with Crippen molar-refractivity contribution >= 4 is 40.7 Å². The Morgan fingerprint density at radius 1 is 1.07 bits per heavy atom. The van der Waals surface area contributed by atoms with E-state index in [0.717, 1.165) is 11.3 Å². The average molecular weight is 420 g/mol. The number of nitrogens with one attached hydrogen (secondary N) is 2. The van der Waals surface area contributed by atoms with Gasteiger partial charge in [0, 0.05) is 18.8 Å². The smallest absolute Gasteiger partial charge is 0.256 e. The van der Waals surface area contributed by atoms with Crippen LogP contribution in [0.3, 0.4) is 0 Å². The predicted molar refractivity (Wildman–Crippen MR) is 121 cm³/mol. The molecule has 8 nitrogen and oxygen atoms in total. The highest BCUT2D eigenvalue weighted by Gasteiger charge is 2.30. The van der Waals surface area contributed by atoms with E-state index in [1.807, 2.05) is 65.6 Å². The molecule has 1 aliphatic rings. The molecule has 0 fully saturated rings. The molecule has 1 unspecified atom stereocenters. The number of primary amides is 1. The van der Waals surface area contributed by atoms with Crippen molar-refractivity contribution in [2.75, 3.05) is 21.3 Å².